The first-order chi connectivity index (χ1) is 12.0. The second kappa shape index (κ2) is 7.57. The Morgan fingerprint density at radius 1 is 1.08 bits per heavy atom. The number of pyridine rings is 1. The Morgan fingerprint density at radius 2 is 1.76 bits per heavy atom. The summed E-state index contributed by atoms with van der Waals surface area (Å²) in [6.07, 6.45) is 3.21. The van der Waals surface area contributed by atoms with Crippen molar-refractivity contribution in [3.8, 4) is 11.1 Å². The molecular weight excluding hydrogens is 383 g/mol. The van der Waals surface area contributed by atoms with Gasteiger partial charge in [0.05, 0.1) is 6.04 Å². The molecule has 3 rings (SSSR count). The molecule has 0 spiro atoms. The number of hydrogen-bond acceptors (Lipinski definition) is 2. The minimum Gasteiger partial charge on any atom is -0.346 e. The van der Waals surface area contributed by atoms with Gasteiger partial charge in [-0.1, -0.05) is 34.1 Å². The van der Waals surface area contributed by atoms with Gasteiger partial charge in [-0.05, 0) is 54.4 Å². The van der Waals surface area contributed by atoms with Crippen molar-refractivity contribution in [2.75, 3.05) is 0 Å². The Kier molecular flexibility index (Phi) is 5.24. The lowest BCUT2D eigenvalue weighted by Crippen LogP contribution is -2.26. The summed E-state index contributed by atoms with van der Waals surface area (Å²) in [7, 11) is 0. The van der Waals surface area contributed by atoms with Crippen LogP contribution in [0.1, 0.15) is 28.9 Å². The van der Waals surface area contributed by atoms with Gasteiger partial charge in [0.1, 0.15) is 5.82 Å². The van der Waals surface area contributed by atoms with E-state index < -0.39 is 5.82 Å². The van der Waals surface area contributed by atoms with Crippen LogP contribution in [0.15, 0.2) is 71.5 Å². The van der Waals surface area contributed by atoms with E-state index in [-0.39, 0.29) is 11.9 Å². The summed E-state index contributed by atoms with van der Waals surface area (Å²) >= 11 is 3.38. The number of hydrogen-bond donors (Lipinski definition) is 1. The van der Waals surface area contributed by atoms with Crippen molar-refractivity contribution < 1.29 is 9.18 Å². The molecule has 1 amide bonds. The lowest BCUT2D eigenvalue weighted by molar-refractivity contribution is 0.0939. The average molecular weight is 399 g/mol. The van der Waals surface area contributed by atoms with Crippen LogP contribution in [0.4, 0.5) is 4.39 Å². The molecule has 1 N–H and O–H groups in total. The number of amides is 1. The van der Waals surface area contributed by atoms with E-state index in [9.17, 15) is 9.18 Å². The van der Waals surface area contributed by atoms with E-state index in [2.05, 4.69) is 26.2 Å². The Balaban J connectivity index is 1.76. The van der Waals surface area contributed by atoms with Gasteiger partial charge in [-0.15, -0.1) is 0 Å². The molecule has 126 valence electrons. The molecule has 0 saturated heterocycles. The molecule has 0 fully saturated rings. The molecule has 0 unspecified atom stereocenters. The van der Waals surface area contributed by atoms with Crippen LogP contribution in [0.5, 0.6) is 0 Å². The van der Waals surface area contributed by atoms with Gasteiger partial charge in [0.15, 0.2) is 0 Å². The summed E-state index contributed by atoms with van der Waals surface area (Å²) < 4.78 is 15.4. The predicted molar refractivity (Wildman–Crippen MR) is 99.7 cm³/mol. The van der Waals surface area contributed by atoms with Gasteiger partial charge >= 0.3 is 0 Å². The molecule has 1 atom stereocenters. The molecular formula is C20H16BrFN2O. The van der Waals surface area contributed by atoms with E-state index in [0.29, 0.717) is 11.1 Å². The summed E-state index contributed by atoms with van der Waals surface area (Å²) in [5, 5.41) is 2.89. The summed E-state index contributed by atoms with van der Waals surface area (Å²) in [4.78, 5) is 16.3. The summed E-state index contributed by atoms with van der Waals surface area (Å²) in [5.41, 5.74) is 2.44. The molecule has 3 nitrogen and oxygen atoms in total. The number of halogens is 2. The molecule has 25 heavy (non-hydrogen) atoms. The molecule has 0 saturated carbocycles. The zero-order valence-electron chi connectivity index (χ0n) is 13.5. The number of aromatic nitrogens is 1. The number of benzene rings is 2. The summed E-state index contributed by atoms with van der Waals surface area (Å²) in [6.45, 7) is 1.89. The smallest absolute Gasteiger partial charge is 0.251 e. The van der Waals surface area contributed by atoms with Crippen LogP contribution in [-0.4, -0.2) is 10.9 Å². The molecule has 3 aromatic rings. The van der Waals surface area contributed by atoms with Crippen LogP contribution < -0.4 is 5.32 Å². The highest BCUT2D eigenvalue weighted by Crippen LogP contribution is 2.23. The fraction of sp³-hybridized carbons (Fsp3) is 0.100. The second-order valence-corrected chi connectivity index (χ2v) is 6.59. The summed E-state index contributed by atoms with van der Waals surface area (Å²) in [6, 6.07) is 15.5. The third kappa shape index (κ3) is 4.12. The first-order valence-electron chi connectivity index (χ1n) is 7.81. The highest BCUT2D eigenvalue weighted by Gasteiger charge is 2.14. The zero-order valence-corrected chi connectivity index (χ0v) is 15.1. The molecule has 0 aliphatic heterocycles. The van der Waals surface area contributed by atoms with Crippen LogP contribution in [0.25, 0.3) is 11.1 Å². The predicted octanol–water partition coefficient (Wildman–Crippen LogP) is 5.14. The molecule has 2 aromatic carbocycles. The van der Waals surface area contributed by atoms with E-state index >= 15 is 0 Å². The Labute approximate surface area is 154 Å². The van der Waals surface area contributed by atoms with E-state index in [4.69, 9.17) is 0 Å². The van der Waals surface area contributed by atoms with Gasteiger partial charge in [-0.25, -0.2) is 4.39 Å². The zero-order chi connectivity index (χ0) is 17.8. The van der Waals surface area contributed by atoms with Crippen LogP contribution in [0, 0.1) is 5.82 Å². The number of carbonyl (C=O) groups excluding carboxylic acids is 1. The Hall–Kier alpha value is -2.53. The number of nitrogens with zero attached hydrogens (tertiary/aromatic N) is 1. The fourth-order valence-electron chi connectivity index (χ4n) is 2.54. The van der Waals surface area contributed by atoms with Crippen molar-refractivity contribution in [1.82, 2.24) is 10.3 Å². The van der Waals surface area contributed by atoms with Crippen molar-refractivity contribution in [2.24, 2.45) is 0 Å². The minimum atomic E-state index is -0.435. The number of nitrogens with one attached hydrogen (secondary N) is 1. The van der Waals surface area contributed by atoms with Crippen LogP contribution in [-0.2, 0) is 0 Å². The van der Waals surface area contributed by atoms with Gasteiger partial charge in [0.25, 0.3) is 5.91 Å². The van der Waals surface area contributed by atoms with Gasteiger partial charge in [0.2, 0.25) is 0 Å². The minimum absolute atomic E-state index is 0.177. The number of carbonyl (C=O) groups is 1. The van der Waals surface area contributed by atoms with E-state index in [1.54, 1.807) is 36.7 Å². The van der Waals surface area contributed by atoms with Crippen LogP contribution in [0.2, 0.25) is 0 Å². The number of rotatable bonds is 4. The lowest BCUT2D eigenvalue weighted by Gasteiger charge is -2.15. The third-order valence-corrected chi connectivity index (χ3v) is 4.47. The highest BCUT2D eigenvalue weighted by molar-refractivity contribution is 9.10. The van der Waals surface area contributed by atoms with Gasteiger partial charge < -0.3 is 5.32 Å². The monoisotopic (exact) mass is 398 g/mol. The molecule has 0 aliphatic rings. The van der Waals surface area contributed by atoms with Crippen molar-refractivity contribution in [3.63, 3.8) is 0 Å². The molecule has 0 aliphatic carbocycles. The van der Waals surface area contributed by atoms with E-state index in [0.717, 1.165) is 15.6 Å². The summed E-state index contributed by atoms with van der Waals surface area (Å²) in [5.74, 6) is -0.745. The average Bonchev–Trinajstić information content (AvgIpc) is 2.62. The molecule has 0 bridgehead atoms. The largest absolute Gasteiger partial charge is 0.346 e. The quantitative estimate of drug-likeness (QED) is 0.660. The maximum atomic E-state index is 14.4. The van der Waals surface area contributed by atoms with Gasteiger partial charge in [0, 0.05) is 28.0 Å². The lowest BCUT2D eigenvalue weighted by atomic mass is 10.0. The van der Waals surface area contributed by atoms with Crippen molar-refractivity contribution in [1.29, 1.82) is 0 Å². The SMILES string of the molecule is C[C@H](NC(=O)c1ccc(-c2ccncc2)c(F)c1)c1ccc(Br)cc1. The maximum Gasteiger partial charge on any atom is 0.251 e. The standard InChI is InChI=1S/C20H16BrFN2O/c1-13(14-2-5-17(21)6-3-14)24-20(25)16-4-7-18(19(22)12-16)15-8-10-23-11-9-15/h2-13H,1H3,(H,24,25)/t13-/m0/s1. The Morgan fingerprint density at radius 3 is 2.40 bits per heavy atom. The topological polar surface area (TPSA) is 42.0 Å². The molecule has 0 radical (unpaired) electrons. The highest BCUT2D eigenvalue weighted by atomic mass is 79.9. The molecule has 1 heterocycles. The van der Waals surface area contributed by atoms with Crippen molar-refractivity contribution >= 4 is 21.8 Å². The second-order valence-electron chi connectivity index (χ2n) is 5.68. The third-order valence-electron chi connectivity index (χ3n) is 3.94. The van der Waals surface area contributed by atoms with Crippen LogP contribution in [0.3, 0.4) is 0 Å². The van der Waals surface area contributed by atoms with E-state index in [1.165, 1.54) is 6.07 Å². The molecule has 5 heteroatoms. The van der Waals surface area contributed by atoms with Crippen molar-refractivity contribution in [2.45, 2.75) is 13.0 Å². The van der Waals surface area contributed by atoms with Gasteiger partial charge in [-0.2, -0.15) is 0 Å². The van der Waals surface area contributed by atoms with Gasteiger partial charge in [-0.3, -0.25) is 9.78 Å². The van der Waals surface area contributed by atoms with E-state index in [1.807, 2.05) is 31.2 Å². The van der Waals surface area contributed by atoms with Crippen LogP contribution >= 0.6 is 15.9 Å². The first-order valence-corrected chi connectivity index (χ1v) is 8.60. The maximum absolute atomic E-state index is 14.4. The van der Waals surface area contributed by atoms with Crippen molar-refractivity contribution in [3.05, 3.63) is 88.4 Å². The molecule has 1 aromatic heterocycles. The Bertz CT molecular complexity index is 882. The normalized spacial score (nSPS) is 11.8. The first kappa shape index (κ1) is 17.3. The fourth-order valence-corrected chi connectivity index (χ4v) is 2.80.